The lowest BCUT2D eigenvalue weighted by atomic mass is 9.78. The number of nitrogens with one attached hydrogen (secondary N) is 1. The maximum absolute atomic E-state index is 5.56. The Morgan fingerprint density at radius 2 is 2.21 bits per heavy atom. The van der Waals surface area contributed by atoms with Gasteiger partial charge in [0, 0.05) is 6.04 Å². The highest BCUT2D eigenvalue weighted by Crippen LogP contribution is 2.42. The van der Waals surface area contributed by atoms with Gasteiger partial charge in [-0.2, -0.15) is 0 Å². The molecule has 4 atom stereocenters. The zero-order valence-corrected chi connectivity index (χ0v) is 9.50. The van der Waals surface area contributed by atoms with E-state index in [-0.39, 0.29) is 0 Å². The van der Waals surface area contributed by atoms with E-state index in [1.165, 1.54) is 25.7 Å². The lowest BCUT2D eigenvalue weighted by molar-refractivity contribution is 0.176. The Balaban J connectivity index is 2.02. The molecule has 2 rings (SSSR count). The molecule has 2 aliphatic rings. The zero-order valence-electron chi connectivity index (χ0n) is 8.61. The van der Waals surface area contributed by atoms with E-state index in [1.54, 1.807) is 0 Å². The Bertz CT molecular complexity index is 194. The molecule has 2 fully saturated rings. The average Bonchev–Trinajstić information content (AvgIpc) is 2.39. The highest BCUT2D eigenvalue weighted by molar-refractivity contribution is 7.44. The molecule has 1 aliphatic carbocycles. The van der Waals surface area contributed by atoms with Gasteiger partial charge in [-0.05, 0) is 24.7 Å². The first-order chi connectivity index (χ1) is 6.81. The van der Waals surface area contributed by atoms with Gasteiger partial charge < -0.3 is 4.52 Å². The molecular formula is C9H19N2O2P. The summed E-state index contributed by atoms with van der Waals surface area (Å²) in [6, 6.07) is 0.552. The van der Waals surface area contributed by atoms with Crippen LogP contribution in [0, 0.1) is 11.8 Å². The van der Waals surface area contributed by atoms with Gasteiger partial charge in [-0.3, -0.25) is 0 Å². The van der Waals surface area contributed by atoms with Crippen molar-refractivity contribution >= 4 is 8.53 Å². The van der Waals surface area contributed by atoms with Crippen molar-refractivity contribution in [3.8, 4) is 0 Å². The van der Waals surface area contributed by atoms with E-state index >= 15 is 0 Å². The predicted molar refractivity (Wildman–Crippen MR) is 56.2 cm³/mol. The van der Waals surface area contributed by atoms with Crippen LogP contribution in [-0.4, -0.2) is 12.6 Å². The van der Waals surface area contributed by atoms with Crippen molar-refractivity contribution in [3.63, 3.8) is 0 Å². The highest BCUT2D eigenvalue weighted by atomic mass is 31.2. The third-order valence-electron chi connectivity index (χ3n) is 3.37. The Kier molecular flexibility index (Phi) is 3.74. The topological polar surface area (TPSA) is 56.5 Å². The van der Waals surface area contributed by atoms with Gasteiger partial charge in [-0.15, -0.1) is 0 Å². The van der Waals surface area contributed by atoms with E-state index in [4.69, 9.17) is 15.0 Å². The van der Waals surface area contributed by atoms with Crippen LogP contribution in [0.5, 0.6) is 0 Å². The van der Waals surface area contributed by atoms with Crippen LogP contribution >= 0.6 is 8.53 Å². The highest BCUT2D eigenvalue weighted by Gasteiger charge is 2.35. The molecule has 0 bridgehead atoms. The first kappa shape index (κ1) is 10.8. The summed E-state index contributed by atoms with van der Waals surface area (Å²) in [5, 5.41) is 3.39. The molecule has 82 valence electrons. The van der Waals surface area contributed by atoms with E-state index in [2.05, 4.69) is 12.0 Å². The number of hydrogen-bond acceptors (Lipinski definition) is 4. The molecule has 14 heavy (non-hydrogen) atoms. The van der Waals surface area contributed by atoms with Crippen LogP contribution in [0.1, 0.15) is 32.6 Å². The molecule has 1 saturated carbocycles. The first-order valence-electron chi connectivity index (χ1n) is 5.37. The van der Waals surface area contributed by atoms with Crippen LogP contribution in [0.15, 0.2) is 0 Å². The van der Waals surface area contributed by atoms with Gasteiger partial charge in [0.2, 0.25) is 0 Å². The molecule has 0 amide bonds. The summed E-state index contributed by atoms with van der Waals surface area (Å²) in [6.45, 7) is 3.04. The summed E-state index contributed by atoms with van der Waals surface area (Å²) in [6.07, 6.45) is 5.22. The largest absolute Gasteiger partial charge is 0.321 e. The predicted octanol–water partition coefficient (Wildman–Crippen LogP) is 1.92. The van der Waals surface area contributed by atoms with Crippen molar-refractivity contribution in [2.75, 3.05) is 6.61 Å². The average molecular weight is 218 g/mol. The monoisotopic (exact) mass is 218 g/mol. The van der Waals surface area contributed by atoms with Gasteiger partial charge in [-0.1, -0.05) is 19.8 Å². The van der Waals surface area contributed by atoms with Crippen LogP contribution in [0.4, 0.5) is 0 Å². The SMILES string of the molecule is C[C@@H]1COP(ON)NC2CCCCC21. The van der Waals surface area contributed by atoms with Crippen molar-refractivity contribution in [2.45, 2.75) is 38.6 Å². The normalized spacial score (nSPS) is 44.1. The molecule has 3 unspecified atom stereocenters. The minimum Gasteiger partial charge on any atom is -0.321 e. The van der Waals surface area contributed by atoms with E-state index in [9.17, 15) is 0 Å². The molecule has 0 spiro atoms. The Labute approximate surface area is 86.4 Å². The molecule has 4 nitrogen and oxygen atoms in total. The molecule has 0 aromatic rings. The quantitative estimate of drug-likeness (QED) is 0.521. The fourth-order valence-corrected chi connectivity index (χ4v) is 3.70. The molecule has 1 saturated heterocycles. The van der Waals surface area contributed by atoms with Crippen molar-refractivity contribution < 1.29 is 9.15 Å². The lowest BCUT2D eigenvalue weighted by Crippen LogP contribution is -2.37. The van der Waals surface area contributed by atoms with Crippen LogP contribution < -0.4 is 11.0 Å². The molecule has 3 N–H and O–H groups in total. The van der Waals surface area contributed by atoms with Gasteiger partial charge in [0.15, 0.2) is 0 Å². The minimum atomic E-state index is -1.04. The van der Waals surface area contributed by atoms with Crippen LogP contribution in [-0.2, 0) is 9.15 Å². The third-order valence-corrected chi connectivity index (χ3v) is 4.49. The van der Waals surface area contributed by atoms with E-state index in [0.29, 0.717) is 12.0 Å². The fraction of sp³-hybridized carbons (Fsp3) is 1.00. The molecule has 0 radical (unpaired) electrons. The first-order valence-corrected chi connectivity index (χ1v) is 6.55. The Morgan fingerprint density at radius 1 is 1.43 bits per heavy atom. The summed E-state index contributed by atoms with van der Waals surface area (Å²) in [4.78, 5) is 0. The summed E-state index contributed by atoms with van der Waals surface area (Å²) in [5.74, 6) is 6.54. The second-order valence-corrected chi connectivity index (χ2v) is 5.56. The molecule has 1 aliphatic heterocycles. The van der Waals surface area contributed by atoms with Crippen LogP contribution in [0.2, 0.25) is 0 Å². The van der Waals surface area contributed by atoms with Crippen LogP contribution in [0.25, 0.3) is 0 Å². The van der Waals surface area contributed by atoms with Crippen molar-refractivity contribution in [3.05, 3.63) is 0 Å². The van der Waals surface area contributed by atoms with Crippen molar-refractivity contribution in [1.29, 1.82) is 0 Å². The zero-order chi connectivity index (χ0) is 9.97. The van der Waals surface area contributed by atoms with Gasteiger partial charge in [0.25, 0.3) is 8.53 Å². The molecule has 1 heterocycles. The lowest BCUT2D eigenvalue weighted by Gasteiger charge is -2.33. The summed E-state index contributed by atoms with van der Waals surface area (Å²) < 4.78 is 10.4. The number of nitrogens with two attached hydrogens (primary N) is 1. The standard InChI is InChI=1S/C9H19N2O2P/c1-7-6-12-14(13-10)11-9-5-3-2-4-8(7)9/h7-9,11H,2-6,10H2,1H3/t7-,8?,9?,14?/m1/s1. The van der Waals surface area contributed by atoms with Crippen molar-refractivity contribution in [1.82, 2.24) is 5.09 Å². The maximum atomic E-state index is 5.56. The van der Waals surface area contributed by atoms with E-state index in [1.807, 2.05) is 0 Å². The van der Waals surface area contributed by atoms with Crippen molar-refractivity contribution in [2.24, 2.45) is 17.7 Å². The smallest absolute Gasteiger partial charge is 0.273 e. The van der Waals surface area contributed by atoms with Gasteiger partial charge in [0.05, 0.1) is 6.61 Å². The van der Waals surface area contributed by atoms with E-state index < -0.39 is 8.53 Å². The van der Waals surface area contributed by atoms with E-state index in [0.717, 1.165) is 12.5 Å². The fourth-order valence-electron chi connectivity index (χ4n) is 2.54. The van der Waals surface area contributed by atoms with Crippen LogP contribution in [0.3, 0.4) is 0 Å². The maximum Gasteiger partial charge on any atom is 0.273 e. The van der Waals surface area contributed by atoms with Gasteiger partial charge >= 0.3 is 0 Å². The second kappa shape index (κ2) is 4.86. The summed E-state index contributed by atoms with van der Waals surface area (Å²) in [5.41, 5.74) is 0. The number of fused-ring (bicyclic) bond motifs is 1. The number of rotatable bonds is 1. The molecule has 0 aromatic carbocycles. The third kappa shape index (κ3) is 2.26. The Morgan fingerprint density at radius 3 is 3.00 bits per heavy atom. The van der Waals surface area contributed by atoms with Gasteiger partial charge in [0.1, 0.15) is 0 Å². The molecule has 5 heteroatoms. The number of hydrogen-bond donors (Lipinski definition) is 2. The molecule has 0 aromatic heterocycles. The van der Waals surface area contributed by atoms with Gasteiger partial charge in [-0.25, -0.2) is 15.6 Å². The summed E-state index contributed by atoms with van der Waals surface area (Å²) in [7, 11) is -1.04. The Hall–Kier alpha value is 0.270. The minimum absolute atomic E-state index is 0.552. The molecular weight excluding hydrogens is 199 g/mol. The summed E-state index contributed by atoms with van der Waals surface area (Å²) >= 11 is 0. The second-order valence-electron chi connectivity index (χ2n) is 4.32.